The molecule has 0 aromatic heterocycles. The van der Waals surface area contributed by atoms with Crippen LogP contribution in [0, 0.1) is 5.82 Å². The van der Waals surface area contributed by atoms with Crippen LogP contribution in [0.25, 0.3) is 0 Å². The first-order chi connectivity index (χ1) is 11.8. The van der Waals surface area contributed by atoms with E-state index < -0.39 is 0 Å². The summed E-state index contributed by atoms with van der Waals surface area (Å²) in [5.41, 5.74) is 0.931. The van der Waals surface area contributed by atoms with Crippen LogP contribution in [0.1, 0.15) is 17.7 Å². The topological polar surface area (TPSA) is 30.5 Å². The SMILES string of the molecule is CCOc1ccccc1S[C@H](c1cccc(F)c1)[C@H]1CNCCO1. The van der Waals surface area contributed by atoms with Crippen LogP contribution in [0.5, 0.6) is 5.75 Å². The molecule has 0 aliphatic carbocycles. The first-order valence-electron chi connectivity index (χ1n) is 8.24. The van der Waals surface area contributed by atoms with E-state index in [1.54, 1.807) is 23.9 Å². The normalized spacial score (nSPS) is 19.0. The van der Waals surface area contributed by atoms with E-state index in [1.165, 1.54) is 6.07 Å². The number of benzene rings is 2. The number of hydrogen-bond acceptors (Lipinski definition) is 4. The van der Waals surface area contributed by atoms with Crippen LogP contribution in [-0.4, -0.2) is 32.4 Å². The predicted octanol–water partition coefficient (Wildman–Crippen LogP) is 4.05. The van der Waals surface area contributed by atoms with Crippen molar-refractivity contribution in [3.63, 3.8) is 0 Å². The number of ether oxygens (including phenoxy) is 2. The second kappa shape index (κ2) is 8.51. The zero-order valence-electron chi connectivity index (χ0n) is 13.7. The molecule has 2 aromatic carbocycles. The van der Waals surface area contributed by atoms with Crippen LogP contribution in [0.3, 0.4) is 0 Å². The Morgan fingerprint density at radius 1 is 1.29 bits per heavy atom. The molecule has 1 saturated heterocycles. The lowest BCUT2D eigenvalue weighted by Crippen LogP contribution is -2.41. The van der Waals surface area contributed by atoms with Gasteiger partial charge in [0.25, 0.3) is 0 Å². The second-order valence-electron chi connectivity index (χ2n) is 5.59. The lowest BCUT2D eigenvalue weighted by atomic mass is 10.1. The Bertz CT molecular complexity index is 661. The van der Waals surface area contributed by atoms with E-state index in [0.717, 1.165) is 29.3 Å². The molecule has 0 amide bonds. The molecule has 5 heteroatoms. The van der Waals surface area contributed by atoms with E-state index in [-0.39, 0.29) is 17.2 Å². The van der Waals surface area contributed by atoms with E-state index in [0.29, 0.717) is 13.2 Å². The monoisotopic (exact) mass is 347 g/mol. The third-order valence-corrected chi connectivity index (χ3v) is 5.29. The first kappa shape index (κ1) is 17.3. The molecule has 2 aromatic rings. The average molecular weight is 347 g/mol. The number of hydrogen-bond donors (Lipinski definition) is 1. The molecule has 1 heterocycles. The van der Waals surface area contributed by atoms with Gasteiger partial charge in [-0.3, -0.25) is 0 Å². The number of halogens is 1. The van der Waals surface area contributed by atoms with Crippen molar-refractivity contribution in [3.8, 4) is 5.75 Å². The highest BCUT2D eigenvalue weighted by atomic mass is 32.2. The van der Waals surface area contributed by atoms with Crippen LogP contribution in [0.2, 0.25) is 0 Å². The third-order valence-electron chi connectivity index (χ3n) is 3.87. The maximum Gasteiger partial charge on any atom is 0.132 e. The highest BCUT2D eigenvalue weighted by Gasteiger charge is 2.28. The van der Waals surface area contributed by atoms with E-state index in [2.05, 4.69) is 5.32 Å². The molecule has 3 rings (SSSR count). The lowest BCUT2D eigenvalue weighted by Gasteiger charge is -2.31. The van der Waals surface area contributed by atoms with Gasteiger partial charge in [0.15, 0.2) is 0 Å². The molecule has 0 spiro atoms. The summed E-state index contributed by atoms with van der Waals surface area (Å²) in [6.07, 6.45) is -0.0137. The lowest BCUT2D eigenvalue weighted by molar-refractivity contribution is 0.0273. The number of rotatable bonds is 6. The largest absolute Gasteiger partial charge is 0.493 e. The number of thioether (sulfide) groups is 1. The molecule has 0 saturated carbocycles. The number of para-hydroxylation sites is 1. The Balaban J connectivity index is 1.90. The Morgan fingerprint density at radius 3 is 2.92 bits per heavy atom. The van der Waals surface area contributed by atoms with Crippen LogP contribution < -0.4 is 10.1 Å². The summed E-state index contributed by atoms with van der Waals surface area (Å²) in [6, 6.07) is 14.7. The van der Waals surface area contributed by atoms with Crippen LogP contribution >= 0.6 is 11.8 Å². The van der Waals surface area contributed by atoms with E-state index >= 15 is 0 Å². The molecule has 1 aliphatic heterocycles. The molecule has 24 heavy (non-hydrogen) atoms. The van der Waals surface area contributed by atoms with Gasteiger partial charge in [0.1, 0.15) is 11.6 Å². The highest BCUT2D eigenvalue weighted by Crippen LogP contribution is 2.43. The van der Waals surface area contributed by atoms with Gasteiger partial charge in [-0.05, 0) is 36.8 Å². The van der Waals surface area contributed by atoms with Crippen molar-refractivity contribution < 1.29 is 13.9 Å². The molecule has 1 fully saturated rings. The molecular weight excluding hydrogens is 325 g/mol. The number of morpholine rings is 1. The van der Waals surface area contributed by atoms with Gasteiger partial charge in [-0.1, -0.05) is 24.3 Å². The van der Waals surface area contributed by atoms with Gasteiger partial charge in [0.05, 0.1) is 29.5 Å². The fraction of sp³-hybridized carbons (Fsp3) is 0.368. The van der Waals surface area contributed by atoms with E-state index in [9.17, 15) is 4.39 Å². The van der Waals surface area contributed by atoms with Gasteiger partial charge < -0.3 is 14.8 Å². The predicted molar refractivity (Wildman–Crippen MR) is 95.2 cm³/mol. The Labute approximate surface area is 146 Å². The standard InChI is InChI=1S/C19H22FNO2S/c1-2-22-16-8-3-4-9-18(16)24-19(17-13-21-10-11-23-17)14-6-5-7-15(20)12-14/h3-9,12,17,19,21H,2,10-11,13H2,1H3/t17-,19-/m1/s1. The fourth-order valence-corrected chi connectivity index (χ4v) is 4.06. The van der Waals surface area contributed by atoms with Crippen LogP contribution in [0.15, 0.2) is 53.4 Å². The van der Waals surface area contributed by atoms with Crippen molar-refractivity contribution in [2.24, 2.45) is 0 Å². The zero-order valence-corrected chi connectivity index (χ0v) is 14.5. The van der Waals surface area contributed by atoms with Gasteiger partial charge in [-0.15, -0.1) is 11.8 Å². The van der Waals surface area contributed by atoms with Crippen LogP contribution in [0.4, 0.5) is 4.39 Å². The molecule has 128 valence electrons. The summed E-state index contributed by atoms with van der Waals surface area (Å²) >= 11 is 1.67. The summed E-state index contributed by atoms with van der Waals surface area (Å²) < 4.78 is 25.4. The quantitative estimate of drug-likeness (QED) is 0.799. The minimum Gasteiger partial charge on any atom is -0.493 e. The second-order valence-corrected chi connectivity index (χ2v) is 6.77. The third kappa shape index (κ3) is 4.29. The van der Waals surface area contributed by atoms with Crippen molar-refractivity contribution in [1.29, 1.82) is 0 Å². The van der Waals surface area contributed by atoms with E-state index in [4.69, 9.17) is 9.47 Å². The summed E-state index contributed by atoms with van der Waals surface area (Å²) in [7, 11) is 0. The molecule has 1 aliphatic rings. The van der Waals surface area contributed by atoms with Crippen molar-refractivity contribution in [2.75, 3.05) is 26.3 Å². The van der Waals surface area contributed by atoms with Gasteiger partial charge in [0.2, 0.25) is 0 Å². The molecule has 1 N–H and O–H groups in total. The van der Waals surface area contributed by atoms with Gasteiger partial charge in [-0.25, -0.2) is 4.39 Å². The molecule has 0 bridgehead atoms. The average Bonchev–Trinajstić information content (AvgIpc) is 2.62. The Kier molecular flexibility index (Phi) is 6.12. The maximum atomic E-state index is 13.7. The first-order valence-corrected chi connectivity index (χ1v) is 9.12. The maximum absolute atomic E-state index is 13.7. The Hall–Kier alpha value is -1.56. The molecule has 0 radical (unpaired) electrons. The summed E-state index contributed by atoms with van der Waals surface area (Å²) in [5, 5.41) is 3.36. The minimum atomic E-state index is -0.222. The Morgan fingerprint density at radius 2 is 2.17 bits per heavy atom. The zero-order chi connectivity index (χ0) is 16.8. The van der Waals surface area contributed by atoms with Crippen molar-refractivity contribution in [2.45, 2.75) is 23.2 Å². The highest BCUT2D eigenvalue weighted by molar-refractivity contribution is 7.99. The molecule has 2 atom stereocenters. The van der Waals surface area contributed by atoms with Crippen LogP contribution in [-0.2, 0) is 4.74 Å². The summed E-state index contributed by atoms with van der Waals surface area (Å²) in [6.45, 7) is 4.87. The van der Waals surface area contributed by atoms with Gasteiger partial charge in [0, 0.05) is 13.1 Å². The summed E-state index contributed by atoms with van der Waals surface area (Å²) in [5.74, 6) is 0.634. The summed E-state index contributed by atoms with van der Waals surface area (Å²) in [4.78, 5) is 1.04. The number of nitrogens with one attached hydrogen (secondary N) is 1. The van der Waals surface area contributed by atoms with Crippen molar-refractivity contribution in [1.82, 2.24) is 5.32 Å². The molecule has 0 unspecified atom stereocenters. The molecule has 3 nitrogen and oxygen atoms in total. The smallest absolute Gasteiger partial charge is 0.132 e. The fourth-order valence-electron chi connectivity index (χ4n) is 2.78. The molecular formula is C19H22FNO2S. The van der Waals surface area contributed by atoms with Crippen molar-refractivity contribution in [3.05, 3.63) is 59.9 Å². The van der Waals surface area contributed by atoms with Crippen molar-refractivity contribution >= 4 is 11.8 Å². The van der Waals surface area contributed by atoms with Gasteiger partial charge in [-0.2, -0.15) is 0 Å². The van der Waals surface area contributed by atoms with E-state index in [1.807, 2.05) is 37.3 Å². The minimum absolute atomic E-state index is 0.00453. The van der Waals surface area contributed by atoms with Gasteiger partial charge >= 0.3 is 0 Å².